The Hall–Kier alpha value is -2.15. The van der Waals surface area contributed by atoms with E-state index in [1.54, 1.807) is 14.2 Å². The zero-order chi connectivity index (χ0) is 17.1. The fraction of sp³-hybridized carbons (Fsp3) is 0.588. The van der Waals surface area contributed by atoms with E-state index in [4.69, 9.17) is 4.74 Å². The summed E-state index contributed by atoms with van der Waals surface area (Å²) in [5.41, 5.74) is 2.14. The highest BCUT2D eigenvalue weighted by atomic mass is 16.5. The van der Waals surface area contributed by atoms with Crippen molar-refractivity contribution in [2.75, 3.05) is 20.7 Å². The van der Waals surface area contributed by atoms with E-state index < -0.39 is 0 Å². The molecule has 2 N–H and O–H groups in total. The number of hydrogen-bond acceptors (Lipinski definition) is 5. The number of carbonyl (C=O) groups is 2. The third-order valence-corrected chi connectivity index (χ3v) is 4.72. The van der Waals surface area contributed by atoms with E-state index in [0.29, 0.717) is 30.6 Å². The normalized spacial score (nSPS) is 17.2. The molecule has 0 spiro atoms. The predicted molar refractivity (Wildman–Crippen MR) is 88.7 cm³/mol. The van der Waals surface area contributed by atoms with E-state index in [0.717, 1.165) is 24.1 Å². The van der Waals surface area contributed by atoms with E-state index in [1.807, 2.05) is 11.0 Å². The summed E-state index contributed by atoms with van der Waals surface area (Å²) in [4.78, 5) is 30.8. The highest BCUT2D eigenvalue weighted by molar-refractivity contribution is 5.98. The molecule has 1 aromatic heterocycles. The van der Waals surface area contributed by atoms with Crippen LogP contribution in [0.4, 0.5) is 0 Å². The Balaban J connectivity index is 1.79. The minimum atomic E-state index is -0.112. The molecule has 1 aliphatic carbocycles. The number of nitrogens with zero attached hydrogens (tertiary/aromatic N) is 2. The van der Waals surface area contributed by atoms with Crippen LogP contribution in [0.25, 0.3) is 0 Å². The van der Waals surface area contributed by atoms with Crippen LogP contribution in [0.1, 0.15) is 47.3 Å². The Morgan fingerprint density at radius 3 is 2.83 bits per heavy atom. The maximum Gasteiger partial charge on any atom is 0.256 e. The lowest BCUT2D eigenvalue weighted by atomic mass is 10.1. The van der Waals surface area contributed by atoms with Gasteiger partial charge in [-0.15, -0.1) is 0 Å². The number of fused-ring (bicyclic) bond motifs is 1. The van der Waals surface area contributed by atoms with Crippen LogP contribution in [0.3, 0.4) is 0 Å². The molecule has 24 heavy (non-hydrogen) atoms. The van der Waals surface area contributed by atoms with Gasteiger partial charge in [-0.2, -0.15) is 0 Å². The lowest BCUT2D eigenvalue weighted by Gasteiger charge is -2.22. The SMILES string of the molecule is CNCC(=O)NCc1cc2c(nc1OC)CN(C1CCCC1)C2=O. The van der Waals surface area contributed by atoms with Crippen molar-refractivity contribution in [3.05, 3.63) is 22.9 Å². The minimum absolute atomic E-state index is 0.0508. The quantitative estimate of drug-likeness (QED) is 0.806. The molecule has 2 amide bonds. The van der Waals surface area contributed by atoms with Crippen LogP contribution < -0.4 is 15.4 Å². The molecule has 7 nitrogen and oxygen atoms in total. The number of likely N-dealkylation sites (N-methyl/N-ethyl adjacent to an activating group) is 1. The first kappa shape index (κ1) is 16.7. The van der Waals surface area contributed by atoms with Gasteiger partial charge in [0.15, 0.2) is 0 Å². The van der Waals surface area contributed by atoms with Crippen LogP contribution in [0.15, 0.2) is 6.07 Å². The summed E-state index contributed by atoms with van der Waals surface area (Å²) in [6.45, 7) is 1.09. The van der Waals surface area contributed by atoms with Gasteiger partial charge in [0.2, 0.25) is 11.8 Å². The number of methoxy groups -OCH3 is 1. The number of hydrogen-bond donors (Lipinski definition) is 2. The van der Waals surface area contributed by atoms with Gasteiger partial charge in [-0.3, -0.25) is 9.59 Å². The molecular weight excluding hydrogens is 308 g/mol. The van der Waals surface area contributed by atoms with Crippen molar-refractivity contribution in [2.24, 2.45) is 0 Å². The van der Waals surface area contributed by atoms with Crippen molar-refractivity contribution in [2.45, 2.75) is 44.8 Å². The maximum atomic E-state index is 12.7. The maximum absolute atomic E-state index is 12.7. The molecule has 3 rings (SSSR count). The van der Waals surface area contributed by atoms with Crippen LogP contribution in [0.2, 0.25) is 0 Å². The van der Waals surface area contributed by atoms with Crippen molar-refractivity contribution >= 4 is 11.8 Å². The van der Waals surface area contributed by atoms with Crippen LogP contribution >= 0.6 is 0 Å². The summed E-state index contributed by atoms with van der Waals surface area (Å²) in [5, 5.41) is 5.60. The Morgan fingerprint density at radius 1 is 1.42 bits per heavy atom. The number of nitrogens with one attached hydrogen (secondary N) is 2. The summed E-state index contributed by atoms with van der Waals surface area (Å²) in [6, 6.07) is 2.15. The van der Waals surface area contributed by atoms with E-state index in [9.17, 15) is 9.59 Å². The van der Waals surface area contributed by atoms with Crippen LogP contribution in [0, 0.1) is 0 Å². The second kappa shape index (κ2) is 7.17. The van der Waals surface area contributed by atoms with Crippen molar-refractivity contribution in [3.8, 4) is 5.88 Å². The number of carbonyl (C=O) groups excluding carboxylic acids is 2. The highest BCUT2D eigenvalue weighted by Crippen LogP contribution is 2.33. The van der Waals surface area contributed by atoms with Gasteiger partial charge < -0.3 is 20.3 Å². The van der Waals surface area contributed by atoms with Gasteiger partial charge in [0.05, 0.1) is 31.5 Å². The Kier molecular flexibility index (Phi) is 4.99. The molecule has 1 saturated carbocycles. The smallest absolute Gasteiger partial charge is 0.256 e. The van der Waals surface area contributed by atoms with Gasteiger partial charge >= 0.3 is 0 Å². The Bertz CT molecular complexity index is 641. The first-order chi connectivity index (χ1) is 11.6. The second-order valence-corrected chi connectivity index (χ2v) is 6.33. The Labute approximate surface area is 141 Å². The lowest BCUT2D eigenvalue weighted by Crippen LogP contribution is -2.33. The predicted octanol–water partition coefficient (Wildman–Crippen LogP) is 0.824. The number of aromatic nitrogens is 1. The number of ether oxygens (including phenoxy) is 1. The molecule has 2 aliphatic rings. The van der Waals surface area contributed by atoms with Crippen molar-refractivity contribution in [1.29, 1.82) is 0 Å². The molecule has 0 bridgehead atoms. The van der Waals surface area contributed by atoms with E-state index >= 15 is 0 Å². The summed E-state index contributed by atoms with van der Waals surface area (Å²) < 4.78 is 5.35. The molecule has 2 heterocycles. The molecule has 1 aliphatic heterocycles. The van der Waals surface area contributed by atoms with Gasteiger partial charge in [-0.1, -0.05) is 12.8 Å². The third-order valence-electron chi connectivity index (χ3n) is 4.72. The van der Waals surface area contributed by atoms with Gasteiger partial charge in [-0.25, -0.2) is 4.98 Å². The number of pyridine rings is 1. The van der Waals surface area contributed by atoms with E-state index in [2.05, 4.69) is 15.6 Å². The molecule has 0 atom stereocenters. The first-order valence-corrected chi connectivity index (χ1v) is 8.43. The molecule has 1 fully saturated rings. The Morgan fingerprint density at radius 2 is 2.17 bits per heavy atom. The average Bonchev–Trinajstić information content (AvgIpc) is 3.20. The van der Waals surface area contributed by atoms with Gasteiger partial charge in [0.1, 0.15) is 0 Å². The molecule has 0 saturated heterocycles. The fourth-order valence-electron chi connectivity index (χ4n) is 3.50. The fourth-order valence-corrected chi connectivity index (χ4v) is 3.50. The lowest BCUT2D eigenvalue weighted by molar-refractivity contribution is -0.120. The highest BCUT2D eigenvalue weighted by Gasteiger charge is 2.35. The standard InChI is InChI=1S/C17H24N4O3/c1-18-9-15(22)19-8-11-7-13-14(20-16(11)24-2)10-21(17(13)23)12-5-3-4-6-12/h7,12,18H,3-6,8-10H2,1-2H3,(H,19,22). The van der Waals surface area contributed by atoms with E-state index in [-0.39, 0.29) is 18.4 Å². The average molecular weight is 332 g/mol. The number of rotatable bonds is 6. The molecule has 130 valence electrons. The largest absolute Gasteiger partial charge is 0.481 e. The summed E-state index contributed by atoms with van der Waals surface area (Å²) in [6.07, 6.45) is 4.52. The molecular formula is C17H24N4O3. The topological polar surface area (TPSA) is 83.6 Å². The van der Waals surface area contributed by atoms with Gasteiger partial charge in [0.25, 0.3) is 5.91 Å². The summed E-state index contributed by atoms with van der Waals surface area (Å²) >= 11 is 0. The second-order valence-electron chi connectivity index (χ2n) is 6.33. The van der Waals surface area contributed by atoms with Crippen LogP contribution in [-0.4, -0.2) is 48.4 Å². The summed E-state index contributed by atoms with van der Waals surface area (Å²) in [7, 11) is 3.27. The third kappa shape index (κ3) is 3.21. The molecule has 0 aromatic carbocycles. The van der Waals surface area contributed by atoms with Gasteiger partial charge in [0, 0.05) is 18.2 Å². The monoisotopic (exact) mass is 332 g/mol. The minimum Gasteiger partial charge on any atom is -0.481 e. The zero-order valence-corrected chi connectivity index (χ0v) is 14.2. The zero-order valence-electron chi connectivity index (χ0n) is 14.2. The molecule has 0 radical (unpaired) electrons. The van der Waals surface area contributed by atoms with Crippen molar-refractivity contribution < 1.29 is 14.3 Å². The van der Waals surface area contributed by atoms with Gasteiger partial charge in [-0.05, 0) is 26.0 Å². The van der Waals surface area contributed by atoms with E-state index in [1.165, 1.54) is 12.8 Å². The summed E-state index contributed by atoms with van der Waals surface area (Å²) in [5.74, 6) is 0.411. The number of amides is 2. The van der Waals surface area contributed by atoms with Crippen LogP contribution in [0.5, 0.6) is 5.88 Å². The van der Waals surface area contributed by atoms with Crippen LogP contribution in [-0.2, 0) is 17.9 Å². The van der Waals surface area contributed by atoms with Crippen molar-refractivity contribution in [3.63, 3.8) is 0 Å². The molecule has 1 aromatic rings. The molecule has 7 heteroatoms. The first-order valence-electron chi connectivity index (χ1n) is 8.43. The molecule has 0 unspecified atom stereocenters. The van der Waals surface area contributed by atoms with Crippen molar-refractivity contribution in [1.82, 2.24) is 20.5 Å².